The quantitative estimate of drug-likeness (QED) is 0.712. The van der Waals surface area contributed by atoms with Crippen LogP contribution < -0.4 is 14.8 Å². The van der Waals surface area contributed by atoms with Crippen molar-refractivity contribution in [2.45, 2.75) is 19.5 Å². The fraction of sp³-hybridized carbons (Fsp3) is 0.211. The van der Waals surface area contributed by atoms with Crippen molar-refractivity contribution in [2.24, 2.45) is 0 Å². The molecule has 0 radical (unpaired) electrons. The van der Waals surface area contributed by atoms with Gasteiger partial charge in [-0.1, -0.05) is 6.07 Å². The number of aromatic nitrogens is 3. The number of pyridine rings is 1. The Morgan fingerprint density at radius 2 is 1.76 bits per heavy atom. The van der Waals surface area contributed by atoms with E-state index >= 15 is 0 Å². The van der Waals surface area contributed by atoms with E-state index in [1.165, 1.54) is 0 Å². The number of rotatable bonds is 7. The second kappa shape index (κ2) is 8.21. The number of hydrogen-bond donors (Lipinski definition) is 1. The zero-order valence-corrected chi connectivity index (χ0v) is 14.2. The van der Waals surface area contributed by atoms with Gasteiger partial charge in [-0.3, -0.25) is 9.97 Å². The third kappa shape index (κ3) is 4.74. The molecule has 0 amide bonds. The fourth-order valence-corrected chi connectivity index (χ4v) is 2.25. The first-order chi connectivity index (χ1) is 12.2. The zero-order chi connectivity index (χ0) is 17.5. The highest BCUT2D eigenvalue weighted by Gasteiger charge is 2.06. The smallest absolute Gasteiger partial charge is 0.219 e. The first-order valence-corrected chi connectivity index (χ1v) is 8.01. The number of ether oxygens (including phenoxy) is 2. The number of nitrogens with one attached hydrogen (secondary N) is 1. The Hall–Kier alpha value is -2.99. The van der Waals surface area contributed by atoms with Crippen LogP contribution in [0.1, 0.15) is 24.2 Å². The summed E-state index contributed by atoms with van der Waals surface area (Å²) in [6.45, 7) is 2.74. The Morgan fingerprint density at radius 3 is 2.40 bits per heavy atom. The average molecular weight is 336 g/mol. The zero-order valence-electron chi connectivity index (χ0n) is 14.2. The summed E-state index contributed by atoms with van der Waals surface area (Å²) in [6, 6.07) is 11.3. The van der Waals surface area contributed by atoms with Crippen molar-refractivity contribution in [3.05, 3.63) is 72.4 Å². The average Bonchev–Trinajstić information content (AvgIpc) is 2.68. The summed E-state index contributed by atoms with van der Waals surface area (Å²) in [6.07, 6.45) is 6.93. The van der Waals surface area contributed by atoms with E-state index in [9.17, 15) is 0 Å². The molecule has 0 fully saturated rings. The molecule has 128 valence electrons. The van der Waals surface area contributed by atoms with Crippen LogP contribution in [0.15, 0.2) is 61.2 Å². The Kier molecular flexibility index (Phi) is 5.53. The van der Waals surface area contributed by atoms with E-state index in [-0.39, 0.29) is 6.04 Å². The second-order valence-corrected chi connectivity index (χ2v) is 5.52. The van der Waals surface area contributed by atoms with Crippen LogP contribution in [0.3, 0.4) is 0 Å². The first-order valence-electron chi connectivity index (χ1n) is 8.01. The standard InChI is InChI=1S/C19H20N4O2/c1-14(18-13-20-9-10-21-18)22-11-15-3-8-19(23-12-15)25-17-6-4-16(24-2)5-7-17/h3-10,12-14,22H,11H2,1-2H3. The van der Waals surface area contributed by atoms with Crippen LogP contribution in [0.4, 0.5) is 0 Å². The minimum atomic E-state index is 0.115. The highest BCUT2D eigenvalue weighted by atomic mass is 16.5. The summed E-state index contributed by atoms with van der Waals surface area (Å²) in [5.41, 5.74) is 1.98. The SMILES string of the molecule is COc1ccc(Oc2ccc(CNC(C)c3cnccn3)cn2)cc1. The molecule has 25 heavy (non-hydrogen) atoms. The summed E-state index contributed by atoms with van der Waals surface area (Å²) in [5, 5.41) is 3.40. The van der Waals surface area contributed by atoms with E-state index in [0.29, 0.717) is 12.4 Å². The molecule has 0 spiro atoms. The number of benzene rings is 1. The van der Waals surface area contributed by atoms with Crippen LogP contribution in [-0.2, 0) is 6.54 Å². The van der Waals surface area contributed by atoms with E-state index in [2.05, 4.69) is 27.2 Å². The topological polar surface area (TPSA) is 69.2 Å². The summed E-state index contributed by atoms with van der Waals surface area (Å²) in [4.78, 5) is 12.7. The van der Waals surface area contributed by atoms with Gasteiger partial charge >= 0.3 is 0 Å². The van der Waals surface area contributed by atoms with Crippen LogP contribution in [0, 0.1) is 0 Å². The van der Waals surface area contributed by atoms with Crippen molar-refractivity contribution >= 4 is 0 Å². The maximum absolute atomic E-state index is 5.72. The molecule has 3 rings (SSSR count). The molecule has 0 aliphatic heterocycles. The maximum Gasteiger partial charge on any atom is 0.219 e. The van der Waals surface area contributed by atoms with Gasteiger partial charge in [0.15, 0.2) is 0 Å². The molecule has 1 aromatic carbocycles. The molecule has 3 aromatic rings. The van der Waals surface area contributed by atoms with Crippen LogP contribution >= 0.6 is 0 Å². The summed E-state index contributed by atoms with van der Waals surface area (Å²) >= 11 is 0. The van der Waals surface area contributed by atoms with Crippen LogP contribution in [0.2, 0.25) is 0 Å². The minimum absolute atomic E-state index is 0.115. The summed E-state index contributed by atoms with van der Waals surface area (Å²) in [7, 11) is 1.63. The van der Waals surface area contributed by atoms with Gasteiger partial charge in [0.1, 0.15) is 11.5 Å². The fourth-order valence-electron chi connectivity index (χ4n) is 2.25. The molecule has 1 atom stereocenters. The molecule has 0 bridgehead atoms. The van der Waals surface area contributed by atoms with Gasteiger partial charge in [0.25, 0.3) is 0 Å². The first kappa shape index (κ1) is 16.9. The van der Waals surface area contributed by atoms with Gasteiger partial charge in [-0.15, -0.1) is 0 Å². The largest absolute Gasteiger partial charge is 0.497 e. The van der Waals surface area contributed by atoms with Crippen molar-refractivity contribution in [3.8, 4) is 17.4 Å². The Morgan fingerprint density at radius 1 is 0.960 bits per heavy atom. The van der Waals surface area contributed by atoms with Gasteiger partial charge in [-0.25, -0.2) is 4.98 Å². The van der Waals surface area contributed by atoms with E-state index in [1.807, 2.05) is 36.4 Å². The monoisotopic (exact) mass is 336 g/mol. The lowest BCUT2D eigenvalue weighted by Crippen LogP contribution is -2.19. The highest BCUT2D eigenvalue weighted by molar-refractivity contribution is 5.33. The van der Waals surface area contributed by atoms with Crippen LogP contribution in [-0.4, -0.2) is 22.1 Å². The predicted octanol–water partition coefficient (Wildman–Crippen LogP) is 3.52. The number of methoxy groups -OCH3 is 1. The second-order valence-electron chi connectivity index (χ2n) is 5.52. The Bertz CT molecular complexity index is 777. The van der Waals surface area contributed by atoms with Crippen molar-refractivity contribution in [3.63, 3.8) is 0 Å². The third-order valence-corrected chi connectivity index (χ3v) is 3.72. The van der Waals surface area contributed by atoms with Crippen molar-refractivity contribution in [1.82, 2.24) is 20.3 Å². The van der Waals surface area contributed by atoms with Gasteiger partial charge in [0, 0.05) is 43.4 Å². The predicted molar refractivity (Wildman–Crippen MR) is 94.6 cm³/mol. The van der Waals surface area contributed by atoms with Gasteiger partial charge < -0.3 is 14.8 Å². The molecule has 0 aliphatic carbocycles. The summed E-state index contributed by atoms with van der Waals surface area (Å²) < 4.78 is 10.8. The molecule has 2 aromatic heterocycles. The van der Waals surface area contributed by atoms with E-state index < -0.39 is 0 Å². The lowest BCUT2D eigenvalue weighted by molar-refractivity contribution is 0.412. The van der Waals surface area contributed by atoms with Crippen molar-refractivity contribution < 1.29 is 9.47 Å². The van der Waals surface area contributed by atoms with E-state index in [1.54, 1.807) is 31.9 Å². The molecular weight excluding hydrogens is 316 g/mol. The van der Waals surface area contributed by atoms with E-state index in [4.69, 9.17) is 9.47 Å². The molecule has 2 heterocycles. The van der Waals surface area contributed by atoms with Gasteiger partial charge in [-0.05, 0) is 36.8 Å². The highest BCUT2D eigenvalue weighted by Crippen LogP contribution is 2.22. The normalized spacial score (nSPS) is 11.8. The van der Waals surface area contributed by atoms with Gasteiger partial charge in [-0.2, -0.15) is 0 Å². The molecular formula is C19H20N4O2. The third-order valence-electron chi connectivity index (χ3n) is 3.72. The number of nitrogens with zero attached hydrogens (tertiary/aromatic N) is 3. The summed E-state index contributed by atoms with van der Waals surface area (Å²) in [5.74, 6) is 2.06. The van der Waals surface area contributed by atoms with Crippen LogP contribution in [0.5, 0.6) is 17.4 Å². The molecule has 6 nitrogen and oxygen atoms in total. The van der Waals surface area contributed by atoms with Gasteiger partial charge in [0.2, 0.25) is 5.88 Å². The maximum atomic E-state index is 5.72. The molecule has 0 saturated heterocycles. The molecule has 0 saturated carbocycles. The molecule has 1 unspecified atom stereocenters. The molecule has 1 N–H and O–H groups in total. The molecule has 6 heteroatoms. The lowest BCUT2D eigenvalue weighted by Gasteiger charge is -2.13. The van der Waals surface area contributed by atoms with Gasteiger partial charge in [0.05, 0.1) is 12.8 Å². The van der Waals surface area contributed by atoms with Crippen molar-refractivity contribution in [2.75, 3.05) is 7.11 Å². The Balaban J connectivity index is 1.54. The Labute approximate surface area is 146 Å². The van der Waals surface area contributed by atoms with Crippen LogP contribution in [0.25, 0.3) is 0 Å². The van der Waals surface area contributed by atoms with E-state index in [0.717, 1.165) is 22.8 Å². The molecule has 0 aliphatic rings. The minimum Gasteiger partial charge on any atom is -0.497 e. The lowest BCUT2D eigenvalue weighted by atomic mass is 10.2. The van der Waals surface area contributed by atoms with Crippen molar-refractivity contribution in [1.29, 1.82) is 0 Å². The number of hydrogen-bond acceptors (Lipinski definition) is 6.